The van der Waals surface area contributed by atoms with Crippen molar-refractivity contribution in [2.75, 3.05) is 20.3 Å². The van der Waals surface area contributed by atoms with E-state index < -0.39 is 24.1 Å². The maximum absolute atomic E-state index is 12.9. The topological polar surface area (TPSA) is 105 Å². The van der Waals surface area contributed by atoms with Crippen LogP contribution in [-0.2, 0) is 19.1 Å². The van der Waals surface area contributed by atoms with Gasteiger partial charge in [-0.25, -0.2) is 9.59 Å². The lowest BCUT2D eigenvalue weighted by Gasteiger charge is -2.25. The second kappa shape index (κ2) is 10.9. The van der Waals surface area contributed by atoms with Crippen molar-refractivity contribution >= 4 is 18.0 Å². The fraction of sp³-hybridized carbons (Fsp3) is 0.444. The van der Waals surface area contributed by atoms with Gasteiger partial charge in [0.15, 0.2) is 0 Å². The van der Waals surface area contributed by atoms with Gasteiger partial charge < -0.3 is 24.8 Å². The van der Waals surface area contributed by atoms with Crippen molar-refractivity contribution in [1.29, 1.82) is 0 Å². The van der Waals surface area contributed by atoms with E-state index in [1.165, 1.54) is 12.0 Å². The van der Waals surface area contributed by atoms with E-state index in [9.17, 15) is 19.5 Å². The number of carboxylic acids is 1. The molecule has 35 heavy (non-hydrogen) atoms. The van der Waals surface area contributed by atoms with Gasteiger partial charge in [-0.15, -0.1) is 0 Å². The first kappa shape index (κ1) is 24.7. The number of likely N-dealkylation sites (tertiary alicyclic amines) is 1. The summed E-state index contributed by atoms with van der Waals surface area (Å²) in [7, 11) is 1.51. The first-order chi connectivity index (χ1) is 16.9. The van der Waals surface area contributed by atoms with Crippen LogP contribution in [0.2, 0.25) is 0 Å². The van der Waals surface area contributed by atoms with Gasteiger partial charge in [-0.3, -0.25) is 4.79 Å². The molecule has 2 unspecified atom stereocenters. The molecule has 186 valence electrons. The van der Waals surface area contributed by atoms with Gasteiger partial charge in [-0.2, -0.15) is 0 Å². The fourth-order valence-electron chi connectivity index (χ4n) is 5.19. The molecule has 1 saturated heterocycles. The summed E-state index contributed by atoms with van der Waals surface area (Å²) in [6, 6.07) is 14.9. The third-order valence-electron chi connectivity index (χ3n) is 6.93. The Morgan fingerprint density at radius 2 is 1.71 bits per heavy atom. The summed E-state index contributed by atoms with van der Waals surface area (Å²) in [4.78, 5) is 38.6. The molecular weight excluding hydrogens is 448 g/mol. The second-order valence-corrected chi connectivity index (χ2v) is 9.15. The molecule has 1 aliphatic heterocycles. The largest absolute Gasteiger partial charge is 0.480 e. The molecule has 2 aromatic rings. The highest BCUT2D eigenvalue weighted by Gasteiger charge is 2.40. The Hall–Kier alpha value is -3.39. The lowest BCUT2D eigenvalue weighted by Crippen LogP contribution is -2.45. The molecule has 1 heterocycles. The van der Waals surface area contributed by atoms with E-state index in [-0.39, 0.29) is 43.9 Å². The summed E-state index contributed by atoms with van der Waals surface area (Å²) in [5, 5.41) is 12.3. The minimum Gasteiger partial charge on any atom is -0.480 e. The Morgan fingerprint density at radius 1 is 1.09 bits per heavy atom. The van der Waals surface area contributed by atoms with Crippen LogP contribution in [-0.4, -0.2) is 66.4 Å². The molecule has 2 amide bonds. The van der Waals surface area contributed by atoms with Crippen molar-refractivity contribution < 1.29 is 29.0 Å². The number of nitrogens with one attached hydrogen (secondary N) is 1. The predicted molar refractivity (Wildman–Crippen MR) is 130 cm³/mol. The maximum atomic E-state index is 12.9. The molecule has 0 saturated carbocycles. The molecule has 8 heteroatoms. The van der Waals surface area contributed by atoms with E-state index in [2.05, 4.69) is 29.6 Å². The molecule has 8 nitrogen and oxygen atoms in total. The summed E-state index contributed by atoms with van der Waals surface area (Å²) in [5.41, 5.74) is 4.56. The maximum Gasteiger partial charge on any atom is 0.407 e. The number of hydrogen-bond acceptors (Lipinski definition) is 5. The molecule has 2 N–H and O–H groups in total. The number of carbonyl (C=O) groups is 3. The zero-order valence-corrected chi connectivity index (χ0v) is 20.1. The van der Waals surface area contributed by atoms with Crippen molar-refractivity contribution in [2.24, 2.45) is 0 Å². The van der Waals surface area contributed by atoms with Crippen LogP contribution in [0.25, 0.3) is 11.1 Å². The van der Waals surface area contributed by atoms with Crippen LogP contribution in [0.4, 0.5) is 4.79 Å². The lowest BCUT2D eigenvalue weighted by atomic mass is 9.98. The first-order valence-electron chi connectivity index (χ1n) is 12.1. The van der Waals surface area contributed by atoms with Crippen LogP contribution in [0.3, 0.4) is 0 Å². The van der Waals surface area contributed by atoms with Gasteiger partial charge in [0.2, 0.25) is 5.91 Å². The number of ether oxygens (including phenoxy) is 2. The highest BCUT2D eigenvalue weighted by atomic mass is 16.5. The third kappa shape index (κ3) is 5.32. The van der Waals surface area contributed by atoms with E-state index in [1.807, 2.05) is 31.2 Å². The van der Waals surface area contributed by atoms with E-state index in [1.54, 1.807) is 0 Å². The molecule has 4 rings (SSSR count). The predicted octanol–water partition coefficient (Wildman–Crippen LogP) is 3.78. The molecule has 3 atom stereocenters. The van der Waals surface area contributed by atoms with E-state index >= 15 is 0 Å². The SMILES string of the molecule is CCC[C@@H](CC(=O)N1CC(OC)CC1C(=O)O)NC(=O)OCC1c2ccccc2-c2ccccc21. The first-order valence-corrected chi connectivity index (χ1v) is 12.1. The molecule has 0 bridgehead atoms. The summed E-state index contributed by atoms with van der Waals surface area (Å²) < 4.78 is 10.9. The van der Waals surface area contributed by atoms with E-state index in [4.69, 9.17) is 9.47 Å². The molecule has 0 aromatic heterocycles. The monoisotopic (exact) mass is 480 g/mol. The van der Waals surface area contributed by atoms with Gasteiger partial charge in [0.05, 0.1) is 6.10 Å². The number of amides is 2. The van der Waals surface area contributed by atoms with Gasteiger partial charge in [0.25, 0.3) is 0 Å². The minimum absolute atomic E-state index is 0.0122. The van der Waals surface area contributed by atoms with Crippen molar-refractivity contribution in [3.63, 3.8) is 0 Å². The standard InChI is InChI=1S/C27H32N2O6/c1-3-8-17(13-25(30)29-15-18(34-2)14-24(29)26(31)32)28-27(33)35-16-23-21-11-6-4-9-19(21)20-10-5-7-12-22(20)23/h4-7,9-12,17-18,23-24H,3,8,13-16H2,1-2H3,(H,28,33)(H,31,32)/t17-,18?,24?/m0/s1. The Kier molecular flexibility index (Phi) is 7.70. The summed E-state index contributed by atoms with van der Waals surface area (Å²) in [6.45, 7) is 2.39. The highest BCUT2D eigenvalue weighted by molar-refractivity contribution is 5.85. The van der Waals surface area contributed by atoms with Crippen LogP contribution in [0.15, 0.2) is 48.5 Å². The number of aliphatic carboxylic acids is 1. The number of methoxy groups -OCH3 is 1. The number of fused-ring (bicyclic) bond motifs is 3. The molecule has 1 aliphatic carbocycles. The van der Waals surface area contributed by atoms with Crippen LogP contribution < -0.4 is 5.32 Å². The number of rotatable bonds is 9. The Balaban J connectivity index is 1.37. The van der Waals surface area contributed by atoms with Crippen LogP contribution >= 0.6 is 0 Å². The molecule has 1 fully saturated rings. The smallest absolute Gasteiger partial charge is 0.407 e. The number of hydrogen-bond donors (Lipinski definition) is 2. The molecule has 0 radical (unpaired) electrons. The van der Waals surface area contributed by atoms with Crippen LogP contribution in [0, 0.1) is 0 Å². The number of carboxylic acid groups (broad SMARTS) is 1. The second-order valence-electron chi connectivity index (χ2n) is 9.15. The summed E-state index contributed by atoms with van der Waals surface area (Å²) in [5.74, 6) is -1.41. The van der Waals surface area contributed by atoms with Crippen molar-refractivity contribution in [2.45, 2.75) is 56.7 Å². The van der Waals surface area contributed by atoms with Crippen LogP contribution in [0.1, 0.15) is 49.7 Å². The molecule has 2 aliphatic rings. The highest BCUT2D eigenvalue weighted by Crippen LogP contribution is 2.44. The quantitative estimate of drug-likeness (QED) is 0.566. The Morgan fingerprint density at radius 3 is 2.29 bits per heavy atom. The van der Waals surface area contributed by atoms with Crippen molar-refractivity contribution in [1.82, 2.24) is 10.2 Å². The van der Waals surface area contributed by atoms with Crippen molar-refractivity contribution in [3.8, 4) is 11.1 Å². The number of alkyl carbamates (subject to hydrolysis) is 1. The van der Waals surface area contributed by atoms with Gasteiger partial charge in [0.1, 0.15) is 12.6 Å². The average molecular weight is 481 g/mol. The normalized spacial score (nSPS) is 19.7. The van der Waals surface area contributed by atoms with Gasteiger partial charge in [0, 0.05) is 38.5 Å². The molecule has 2 aromatic carbocycles. The number of benzene rings is 2. The zero-order valence-electron chi connectivity index (χ0n) is 20.1. The van der Waals surface area contributed by atoms with E-state index in [0.717, 1.165) is 28.7 Å². The van der Waals surface area contributed by atoms with Gasteiger partial charge >= 0.3 is 12.1 Å². The number of carbonyl (C=O) groups excluding carboxylic acids is 2. The van der Waals surface area contributed by atoms with Crippen LogP contribution in [0.5, 0.6) is 0 Å². The van der Waals surface area contributed by atoms with Gasteiger partial charge in [-0.1, -0.05) is 61.9 Å². The summed E-state index contributed by atoms with van der Waals surface area (Å²) in [6.07, 6.45) is 0.720. The molecule has 0 spiro atoms. The number of nitrogens with zero attached hydrogens (tertiary/aromatic N) is 1. The summed E-state index contributed by atoms with van der Waals surface area (Å²) >= 11 is 0. The minimum atomic E-state index is -1.05. The Labute approximate surface area is 205 Å². The van der Waals surface area contributed by atoms with E-state index in [0.29, 0.717) is 6.42 Å². The molecular formula is C27H32N2O6. The third-order valence-corrected chi connectivity index (χ3v) is 6.93. The average Bonchev–Trinajstić information content (AvgIpc) is 3.43. The lowest BCUT2D eigenvalue weighted by molar-refractivity contribution is -0.148. The van der Waals surface area contributed by atoms with Crippen molar-refractivity contribution in [3.05, 3.63) is 59.7 Å². The zero-order chi connectivity index (χ0) is 24.9. The Bertz CT molecular complexity index is 1040. The van der Waals surface area contributed by atoms with Gasteiger partial charge in [-0.05, 0) is 28.7 Å². The fourth-order valence-corrected chi connectivity index (χ4v) is 5.19.